The highest BCUT2D eigenvalue weighted by atomic mass is 35.5. The van der Waals surface area contributed by atoms with Crippen LogP contribution < -0.4 is 5.73 Å². The summed E-state index contributed by atoms with van der Waals surface area (Å²) in [6, 6.07) is 7.34. The zero-order chi connectivity index (χ0) is 14.5. The summed E-state index contributed by atoms with van der Waals surface area (Å²) in [4.78, 5) is 24.9. The van der Waals surface area contributed by atoms with E-state index in [0.717, 1.165) is 18.4 Å². The van der Waals surface area contributed by atoms with Crippen molar-refractivity contribution in [2.75, 3.05) is 13.1 Å². The number of hydrogen-bond acceptors (Lipinski definition) is 2. The standard InChI is InChI=1S/C15H19ClN2O2/c16-13-3-1-11(2-4-13)10-15(20)18-7-5-12(6-8-18)9-14(17)19/h1-4,12H,5-10H2,(H2,17,19). The summed E-state index contributed by atoms with van der Waals surface area (Å²) in [5, 5.41) is 0.675. The van der Waals surface area contributed by atoms with Gasteiger partial charge in [0.1, 0.15) is 0 Å². The number of nitrogens with two attached hydrogens (primary N) is 1. The fourth-order valence-electron chi connectivity index (χ4n) is 2.56. The van der Waals surface area contributed by atoms with Crippen LogP contribution in [0.15, 0.2) is 24.3 Å². The maximum atomic E-state index is 12.2. The predicted octanol–water partition coefficient (Wildman–Crippen LogP) is 2.00. The average molecular weight is 295 g/mol. The molecule has 2 rings (SSSR count). The molecule has 4 nitrogen and oxygen atoms in total. The summed E-state index contributed by atoms with van der Waals surface area (Å²) < 4.78 is 0. The first kappa shape index (κ1) is 14.9. The molecule has 1 saturated heterocycles. The van der Waals surface area contributed by atoms with Crippen molar-refractivity contribution >= 4 is 23.4 Å². The fraction of sp³-hybridized carbons (Fsp3) is 0.467. The smallest absolute Gasteiger partial charge is 0.226 e. The molecule has 2 N–H and O–H groups in total. The molecule has 108 valence electrons. The molecule has 5 heteroatoms. The van der Waals surface area contributed by atoms with Crippen LogP contribution in [0.25, 0.3) is 0 Å². The van der Waals surface area contributed by atoms with Crippen LogP contribution in [0.3, 0.4) is 0 Å². The summed E-state index contributed by atoms with van der Waals surface area (Å²) in [6.45, 7) is 1.43. The molecule has 20 heavy (non-hydrogen) atoms. The van der Waals surface area contributed by atoms with E-state index in [0.29, 0.717) is 36.9 Å². The molecule has 2 amide bonds. The lowest BCUT2D eigenvalue weighted by Crippen LogP contribution is -2.40. The number of rotatable bonds is 4. The van der Waals surface area contributed by atoms with Crippen molar-refractivity contribution in [3.8, 4) is 0 Å². The molecule has 0 spiro atoms. The fourth-order valence-corrected chi connectivity index (χ4v) is 2.69. The first-order valence-corrected chi connectivity index (χ1v) is 7.23. The van der Waals surface area contributed by atoms with Crippen molar-refractivity contribution in [3.63, 3.8) is 0 Å². The maximum Gasteiger partial charge on any atom is 0.226 e. The van der Waals surface area contributed by atoms with Crippen LogP contribution >= 0.6 is 11.6 Å². The Morgan fingerprint density at radius 1 is 1.20 bits per heavy atom. The van der Waals surface area contributed by atoms with Gasteiger partial charge in [-0.25, -0.2) is 0 Å². The minimum atomic E-state index is -0.254. The van der Waals surface area contributed by atoms with Crippen LogP contribution in [0.1, 0.15) is 24.8 Å². The lowest BCUT2D eigenvalue weighted by molar-refractivity contribution is -0.131. The summed E-state index contributed by atoms with van der Waals surface area (Å²) in [5.41, 5.74) is 6.17. The van der Waals surface area contributed by atoms with E-state index in [4.69, 9.17) is 17.3 Å². The van der Waals surface area contributed by atoms with E-state index >= 15 is 0 Å². The second kappa shape index (κ2) is 6.75. The molecule has 1 fully saturated rings. The van der Waals surface area contributed by atoms with Crippen LogP contribution in [0.5, 0.6) is 0 Å². The number of amides is 2. The summed E-state index contributed by atoms with van der Waals surface area (Å²) in [7, 11) is 0. The van der Waals surface area contributed by atoms with Crippen LogP contribution in [0, 0.1) is 5.92 Å². The first-order valence-electron chi connectivity index (χ1n) is 6.85. The molecule has 1 heterocycles. The largest absolute Gasteiger partial charge is 0.370 e. The second-order valence-corrected chi connectivity index (χ2v) is 5.73. The topological polar surface area (TPSA) is 63.4 Å². The molecule has 0 aromatic heterocycles. The molecule has 1 aromatic carbocycles. The normalized spacial score (nSPS) is 16.1. The quantitative estimate of drug-likeness (QED) is 0.923. The number of primary amides is 1. The van der Waals surface area contributed by atoms with Gasteiger partial charge in [0.25, 0.3) is 0 Å². The Morgan fingerprint density at radius 3 is 2.35 bits per heavy atom. The molecule has 1 aliphatic rings. The number of benzene rings is 1. The van der Waals surface area contributed by atoms with Crippen molar-refractivity contribution in [2.24, 2.45) is 11.7 Å². The van der Waals surface area contributed by atoms with Gasteiger partial charge in [-0.05, 0) is 36.5 Å². The number of carbonyl (C=O) groups excluding carboxylic acids is 2. The van der Waals surface area contributed by atoms with E-state index in [9.17, 15) is 9.59 Å². The van der Waals surface area contributed by atoms with Gasteiger partial charge in [0, 0.05) is 24.5 Å². The Hall–Kier alpha value is -1.55. The Balaban J connectivity index is 1.82. The van der Waals surface area contributed by atoms with Crippen molar-refractivity contribution in [1.82, 2.24) is 4.90 Å². The Labute approximate surface area is 123 Å². The second-order valence-electron chi connectivity index (χ2n) is 5.30. The molecule has 0 atom stereocenters. The van der Waals surface area contributed by atoms with E-state index in [2.05, 4.69) is 0 Å². The Bertz CT molecular complexity index is 479. The molecule has 1 aliphatic heterocycles. The van der Waals surface area contributed by atoms with Gasteiger partial charge in [-0.2, -0.15) is 0 Å². The zero-order valence-electron chi connectivity index (χ0n) is 11.3. The summed E-state index contributed by atoms with van der Waals surface area (Å²) in [6.07, 6.45) is 2.54. The lowest BCUT2D eigenvalue weighted by atomic mass is 9.93. The minimum absolute atomic E-state index is 0.129. The van der Waals surface area contributed by atoms with E-state index in [1.165, 1.54) is 0 Å². The summed E-state index contributed by atoms with van der Waals surface area (Å²) >= 11 is 5.82. The third kappa shape index (κ3) is 4.23. The average Bonchev–Trinajstić information content (AvgIpc) is 2.41. The van der Waals surface area contributed by atoms with Gasteiger partial charge in [0.05, 0.1) is 6.42 Å². The minimum Gasteiger partial charge on any atom is -0.370 e. The van der Waals surface area contributed by atoms with Crippen molar-refractivity contribution in [2.45, 2.75) is 25.7 Å². The van der Waals surface area contributed by atoms with Gasteiger partial charge in [0.15, 0.2) is 0 Å². The lowest BCUT2D eigenvalue weighted by Gasteiger charge is -2.31. The third-order valence-corrected chi connectivity index (χ3v) is 3.98. The van der Waals surface area contributed by atoms with E-state index in [1.807, 2.05) is 17.0 Å². The highest BCUT2D eigenvalue weighted by Gasteiger charge is 2.23. The van der Waals surface area contributed by atoms with Gasteiger partial charge in [0.2, 0.25) is 11.8 Å². The zero-order valence-corrected chi connectivity index (χ0v) is 12.1. The Kier molecular flexibility index (Phi) is 5.01. The van der Waals surface area contributed by atoms with Crippen molar-refractivity contribution in [3.05, 3.63) is 34.9 Å². The van der Waals surface area contributed by atoms with Crippen molar-refractivity contribution < 1.29 is 9.59 Å². The maximum absolute atomic E-state index is 12.2. The Morgan fingerprint density at radius 2 is 1.80 bits per heavy atom. The highest BCUT2D eigenvalue weighted by molar-refractivity contribution is 6.30. The molecule has 0 saturated carbocycles. The van der Waals surface area contributed by atoms with Crippen LogP contribution in [-0.2, 0) is 16.0 Å². The molecule has 0 radical (unpaired) electrons. The molecule has 0 bridgehead atoms. The number of carbonyl (C=O) groups is 2. The molecule has 0 aliphatic carbocycles. The summed E-state index contributed by atoms with van der Waals surface area (Å²) in [5.74, 6) is 0.202. The van der Waals surface area contributed by atoms with Gasteiger partial charge in [-0.3, -0.25) is 9.59 Å². The van der Waals surface area contributed by atoms with Gasteiger partial charge < -0.3 is 10.6 Å². The van der Waals surface area contributed by atoms with E-state index in [1.54, 1.807) is 12.1 Å². The predicted molar refractivity (Wildman–Crippen MR) is 78.3 cm³/mol. The van der Waals surface area contributed by atoms with E-state index in [-0.39, 0.29) is 11.8 Å². The van der Waals surface area contributed by atoms with Crippen molar-refractivity contribution in [1.29, 1.82) is 0 Å². The van der Waals surface area contributed by atoms with Gasteiger partial charge in [-0.1, -0.05) is 23.7 Å². The van der Waals surface area contributed by atoms with Gasteiger partial charge >= 0.3 is 0 Å². The molecule has 1 aromatic rings. The van der Waals surface area contributed by atoms with Crippen LogP contribution in [0.4, 0.5) is 0 Å². The number of halogens is 1. The number of nitrogens with zero attached hydrogens (tertiary/aromatic N) is 1. The van der Waals surface area contributed by atoms with E-state index < -0.39 is 0 Å². The molecule has 0 unspecified atom stereocenters. The van der Waals surface area contributed by atoms with Crippen LogP contribution in [-0.4, -0.2) is 29.8 Å². The third-order valence-electron chi connectivity index (χ3n) is 3.73. The number of likely N-dealkylation sites (tertiary alicyclic amines) is 1. The molecular weight excluding hydrogens is 276 g/mol. The van der Waals surface area contributed by atoms with Gasteiger partial charge in [-0.15, -0.1) is 0 Å². The van der Waals surface area contributed by atoms with Crippen LogP contribution in [0.2, 0.25) is 5.02 Å². The molecular formula is C15H19ClN2O2. The monoisotopic (exact) mass is 294 g/mol. The SMILES string of the molecule is NC(=O)CC1CCN(C(=O)Cc2ccc(Cl)cc2)CC1. The first-order chi connectivity index (χ1) is 9.54. The number of hydrogen-bond donors (Lipinski definition) is 1. The highest BCUT2D eigenvalue weighted by Crippen LogP contribution is 2.21. The number of piperidine rings is 1.